The number of hydrogen-bond acceptors (Lipinski definition) is 2. The lowest BCUT2D eigenvalue weighted by molar-refractivity contribution is 0.643. The Hall–Kier alpha value is 0.240. The molecule has 0 saturated carbocycles. The summed E-state index contributed by atoms with van der Waals surface area (Å²) in [5, 5.41) is 0. The third kappa shape index (κ3) is 5.20. The van der Waals surface area contributed by atoms with Crippen LogP contribution in [-0.4, -0.2) is 11.4 Å². The normalized spacial score (nSPS) is 13.4. The largest absolute Gasteiger partial charge is 0.268 e. The van der Waals surface area contributed by atoms with E-state index in [4.69, 9.17) is 0 Å². The zero-order valence-corrected chi connectivity index (χ0v) is 11.9. The van der Waals surface area contributed by atoms with Crippen molar-refractivity contribution >= 4 is 34.4 Å². The molecule has 0 aromatic carbocycles. The van der Waals surface area contributed by atoms with Crippen molar-refractivity contribution in [3.63, 3.8) is 0 Å². The van der Waals surface area contributed by atoms with E-state index in [1.54, 1.807) is 0 Å². The summed E-state index contributed by atoms with van der Waals surface area (Å²) in [5.41, 5.74) is 1.16. The van der Waals surface area contributed by atoms with E-state index in [1.165, 1.54) is 4.91 Å². The zero-order valence-electron chi connectivity index (χ0n) is 9.51. The Morgan fingerprint density at radius 2 is 1.93 bits per heavy atom. The molecular formula is C11H20BrNS. The van der Waals surface area contributed by atoms with Crippen LogP contribution in [0.3, 0.4) is 0 Å². The Kier molecular flexibility index (Phi) is 7.65. The molecule has 0 bridgehead atoms. The van der Waals surface area contributed by atoms with Crippen molar-refractivity contribution in [1.29, 1.82) is 0 Å². The first-order chi connectivity index (χ1) is 6.52. The molecule has 0 spiro atoms. The molecule has 0 aromatic heterocycles. The van der Waals surface area contributed by atoms with Crippen molar-refractivity contribution in [2.24, 2.45) is 16.8 Å². The topological polar surface area (TPSA) is 12.4 Å². The molecule has 0 unspecified atom stereocenters. The first-order valence-corrected chi connectivity index (χ1v) is 7.02. The van der Waals surface area contributed by atoms with Crippen molar-refractivity contribution in [3.8, 4) is 0 Å². The van der Waals surface area contributed by atoms with E-state index >= 15 is 0 Å². The van der Waals surface area contributed by atoms with Crippen LogP contribution in [0.25, 0.3) is 0 Å². The van der Waals surface area contributed by atoms with E-state index in [1.807, 2.05) is 11.8 Å². The summed E-state index contributed by atoms with van der Waals surface area (Å²) in [6.45, 7) is 12.5. The molecule has 14 heavy (non-hydrogen) atoms. The molecule has 0 aromatic rings. The number of nitrogens with zero attached hydrogens (tertiary/aromatic N) is 1. The fourth-order valence-electron chi connectivity index (χ4n) is 1.27. The van der Waals surface area contributed by atoms with Crippen LogP contribution in [0.5, 0.6) is 0 Å². The SMILES string of the molecule is C=N/C(=C(/CC(C)C)SCBr)C(C)C. The molecule has 0 saturated heterocycles. The third-order valence-electron chi connectivity index (χ3n) is 1.83. The zero-order chi connectivity index (χ0) is 11.1. The van der Waals surface area contributed by atoms with Crippen LogP contribution in [0, 0.1) is 11.8 Å². The summed E-state index contributed by atoms with van der Waals surface area (Å²) in [5.74, 6) is 1.14. The van der Waals surface area contributed by atoms with Crippen molar-refractivity contribution < 1.29 is 0 Å². The molecule has 3 heteroatoms. The van der Waals surface area contributed by atoms with E-state index in [0.717, 1.165) is 16.8 Å². The second kappa shape index (κ2) is 7.52. The van der Waals surface area contributed by atoms with Gasteiger partial charge in [-0.15, -0.1) is 11.8 Å². The molecule has 0 N–H and O–H groups in total. The number of rotatable bonds is 6. The summed E-state index contributed by atoms with van der Waals surface area (Å²) >= 11 is 5.28. The Bertz CT molecular complexity index is 209. The maximum absolute atomic E-state index is 4.15. The van der Waals surface area contributed by atoms with Gasteiger partial charge in [-0.25, -0.2) is 0 Å². The summed E-state index contributed by atoms with van der Waals surface area (Å²) < 4.78 is 0.931. The van der Waals surface area contributed by atoms with Crippen molar-refractivity contribution in [1.82, 2.24) is 0 Å². The lowest BCUT2D eigenvalue weighted by Gasteiger charge is -2.15. The fraction of sp³-hybridized carbons (Fsp3) is 0.727. The Balaban J connectivity index is 4.78. The Morgan fingerprint density at radius 1 is 1.36 bits per heavy atom. The highest BCUT2D eigenvalue weighted by atomic mass is 79.9. The van der Waals surface area contributed by atoms with Gasteiger partial charge in [0.05, 0.1) is 10.4 Å². The van der Waals surface area contributed by atoms with Gasteiger partial charge in [0.1, 0.15) is 0 Å². The van der Waals surface area contributed by atoms with Crippen LogP contribution in [0.4, 0.5) is 0 Å². The molecule has 0 radical (unpaired) electrons. The highest BCUT2D eigenvalue weighted by Crippen LogP contribution is 2.31. The first kappa shape index (κ1) is 14.2. The van der Waals surface area contributed by atoms with Crippen LogP contribution in [0.15, 0.2) is 15.6 Å². The van der Waals surface area contributed by atoms with Crippen molar-refractivity contribution in [3.05, 3.63) is 10.6 Å². The van der Waals surface area contributed by atoms with Crippen molar-refractivity contribution in [2.75, 3.05) is 4.66 Å². The fourth-order valence-corrected chi connectivity index (χ4v) is 3.13. The summed E-state index contributed by atoms with van der Waals surface area (Å²) in [6.07, 6.45) is 1.10. The molecule has 82 valence electrons. The van der Waals surface area contributed by atoms with Gasteiger partial charge in [-0.3, -0.25) is 4.99 Å². The smallest absolute Gasteiger partial charge is 0.0535 e. The van der Waals surface area contributed by atoms with Gasteiger partial charge in [0.2, 0.25) is 0 Å². The van der Waals surface area contributed by atoms with Crippen LogP contribution >= 0.6 is 27.7 Å². The Labute approximate surface area is 101 Å². The number of alkyl halides is 1. The number of aliphatic imine (C=N–C) groups is 1. The maximum atomic E-state index is 4.15. The predicted molar refractivity (Wildman–Crippen MR) is 72.3 cm³/mol. The Morgan fingerprint density at radius 3 is 2.21 bits per heavy atom. The van der Waals surface area contributed by atoms with Crippen LogP contribution in [0.1, 0.15) is 34.1 Å². The average molecular weight is 278 g/mol. The third-order valence-corrected chi connectivity index (χ3v) is 3.35. The van der Waals surface area contributed by atoms with E-state index in [2.05, 4.69) is 55.3 Å². The van der Waals surface area contributed by atoms with Gasteiger partial charge in [0, 0.05) is 4.91 Å². The second-order valence-electron chi connectivity index (χ2n) is 3.97. The van der Waals surface area contributed by atoms with Gasteiger partial charge in [0.15, 0.2) is 0 Å². The van der Waals surface area contributed by atoms with Gasteiger partial charge in [0.25, 0.3) is 0 Å². The number of allylic oxidation sites excluding steroid dienone is 2. The quantitative estimate of drug-likeness (QED) is 0.507. The number of hydrogen-bond donors (Lipinski definition) is 0. The molecule has 0 rings (SSSR count). The molecule has 0 aliphatic rings. The highest BCUT2D eigenvalue weighted by Gasteiger charge is 2.11. The van der Waals surface area contributed by atoms with E-state index in [-0.39, 0.29) is 0 Å². The molecule has 0 amide bonds. The molecule has 0 heterocycles. The number of halogens is 1. The predicted octanol–water partition coefficient (Wildman–Crippen LogP) is 4.69. The van der Waals surface area contributed by atoms with E-state index in [9.17, 15) is 0 Å². The van der Waals surface area contributed by atoms with Gasteiger partial charge in [-0.1, -0.05) is 43.6 Å². The standard InChI is InChI=1S/C11H20BrNS/c1-8(2)6-10(14-7-12)11(13-5)9(3)4/h8-9H,5-7H2,1-4H3/b11-10-. The van der Waals surface area contributed by atoms with E-state index in [0.29, 0.717) is 11.8 Å². The van der Waals surface area contributed by atoms with Gasteiger partial charge in [-0.05, 0) is 25.0 Å². The lowest BCUT2D eigenvalue weighted by atomic mass is 10.1. The molecule has 0 atom stereocenters. The highest BCUT2D eigenvalue weighted by molar-refractivity contribution is 9.11. The van der Waals surface area contributed by atoms with E-state index < -0.39 is 0 Å². The van der Waals surface area contributed by atoms with Crippen LogP contribution in [-0.2, 0) is 0 Å². The lowest BCUT2D eigenvalue weighted by Crippen LogP contribution is -1.98. The first-order valence-electron chi connectivity index (χ1n) is 4.91. The summed E-state index contributed by atoms with van der Waals surface area (Å²) in [7, 11) is 0. The summed E-state index contributed by atoms with van der Waals surface area (Å²) in [4.78, 5) is 5.52. The maximum Gasteiger partial charge on any atom is 0.0535 e. The van der Waals surface area contributed by atoms with Crippen LogP contribution < -0.4 is 0 Å². The molecule has 1 nitrogen and oxygen atoms in total. The minimum Gasteiger partial charge on any atom is -0.268 e. The van der Waals surface area contributed by atoms with Crippen molar-refractivity contribution in [2.45, 2.75) is 34.1 Å². The second-order valence-corrected chi connectivity index (χ2v) is 6.35. The summed E-state index contributed by atoms with van der Waals surface area (Å²) in [6, 6.07) is 0. The number of thioether (sulfide) groups is 1. The van der Waals surface area contributed by atoms with Gasteiger partial charge >= 0.3 is 0 Å². The minimum atomic E-state index is 0.466. The molecule has 0 aliphatic heterocycles. The van der Waals surface area contributed by atoms with Crippen LogP contribution in [0.2, 0.25) is 0 Å². The average Bonchev–Trinajstić information content (AvgIpc) is 2.03. The minimum absolute atomic E-state index is 0.466. The molecule has 0 fully saturated rings. The molecular weight excluding hydrogens is 258 g/mol. The van der Waals surface area contributed by atoms with Gasteiger partial charge < -0.3 is 0 Å². The molecule has 0 aliphatic carbocycles. The van der Waals surface area contributed by atoms with Gasteiger partial charge in [-0.2, -0.15) is 0 Å². The monoisotopic (exact) mass is 277 g/mol.